The standard InChI is InChI=1S/CH4.Al.Fe.H3N.H2O.Ti.V.H2/h1H4;;;1H3;1H2;;;1H. The maximum absolute atomic E-state index is 0. The van der Waals surface area contributed by atoms with Crippen molar-refractivity contribution in [2.45, 2.75) is 7.43 Å². The van der Waals surface area contributed by atoms with E-state index in [0.29, 0.717) is 0 Å². The van der Waals surface area contributed by atoms with Crippen molar-refractivity contribution < 1.29 is 64.2 Å². The molecule has 4 radical (unpaired) electrons. The first-order valence-electron chi connectivity index (χ1n) is 0. The Morgan fingerprint density at radius 1 is 1.14 bits per heavy atom. The molecule has 0 aromatic heterocycles. The Labute approximate surface area is 94.3 Å². The summed E-state index contributed by atoms with van der Waals surface area (Å²) < 4.78 is 0. The van der Waals surface area contributed by atoms with Crippen molar-refractivity contribution in [1.82, 2.24) is 6.15 Å². The monoisotopic (exact) mass is 235 g/mol. The quantitative estimate of drug-likeness (QED) is 0.581. The van der Waals surface area contributed by atoms with E-state index in [4.69, 9.17) is 0 Å². The van der Waals surface area contributed by atoms with Crippen molar-refractivity contribution in [3.05, 3.63) is 0 Å². The summed E-state index contributed by atoms with van der Waals surface area (Å²) in [6, 6.07) is 0. The topological polar surface area (TPSA) is 66.5 Å². The van der Waals surface area contributed by atoms with Gasteiger partial charge in [0.1, 0.15) is 0 Å². The molecule has 0 atom stereocenters. The van der Waals surface area contributed by atoms with E-state index in [1.54, 1.807) is 0 Å². The van der Waals surface area contributed by atoms with E-state index in [2.05, 4.69) is 0 Å². The van der Waals surface area contributed by atoms with E-state index in [9.17, 15) is 0 Å². The zero-order valence-electron chi connectivity index (χ0n) is 3.09. The molecular weight excluding hydrogens is 224 g/mol. The second-order valence-electron chi connectivity index (χ2n) is 0. The van der Waals surface area contributed by atoms with Gasteiger partial charge < -0.3 is 11.6 Å². The Morgan fingerprint density at radius 3 is 1.14 bits per heavy atom. The van der Waals surface area contributed by atoms with Gasteiger partial charge in [-0.3, -0.25) is 0 Å². The van der Waals surface area contributed by atoms with Crippen LogP contribution in [0.15, 0.2) is 0 Å². The average Bonchev–Trinajstić information content (AvgIpc) is 0. The Balaban J connectivity index is 0. The van der Waals surface area contributed by atoms with Crippen LogP contribution in [0.2, 0.25) is 0 Å². The molecule has 0 aromatic carbocycles. The maximum atomic E-state index is 0. The Kier molecular flexibility index (Phi) is 1490. The summed E-state index contributed by atoms with van der Waals surface area (Å²) in [7, 11) is 0. The van der Waals surface area contributed by atoms with Gasteiger partial charge in [-0.1, -0.05) is 7.43 Å². The molecule has 46 valence electrons. The molecule has 0 aliphatic carbocycles. The van der Waals surface area contributed by atoms with Crippen LogP contribution in [0, 0.1) is 0 Å². The van der Waals surface area contributed by atoms with Gasteiger partial charge in [-0.05, 0) is 0 Å². The van der Waals surface area contributed by atoms with Crippen molar-refractivity contribution in [3.8, 4) is 0 Å². The van der Waals surface area contributed by atoms with Crippen LogP contribution in [0.3, 0.4) is 0 Å². The zero-order chi connectivity index (χ0) is 0. The minimum Gasteiger partial charge on any atom is -0.412 e. The fourth-order valence-electron chi connectivity index (χ4n) is 0. The predicted octanol–water partition coefficient (Wildman–Crippen LogP) is -0.169. The predicted molar refractivity (Wildman–Crippen MR) is 23.2 cm³/mol. The fourth-order valence-corrected chi connectivity index (χ4v) is 0. The second-order valence-corrected chi connectivity index (χ2v) is 0. The molecule has 0 amide bonds. The molecular formula is CH11AlFeNOTiV. The summed E-state index contributed by atoms with van der Waals surface area (Å²) >= 11 is 0. The zero-order valence-corrected chi connectivity index (χ0v) is 8.30. The van der Waals surface area contributed by atoms with Crippen LogP contribution in [0.1, 0.15) is 8.85 Å². The van der Waals surface area contributed by atoms with E-state index >= 15 is 0 Å². The first kappa shape index (κ1) is 123. The number of hydrogen-bond donors (Lipinski definition) is 1. The largest absolute Gasteiger partial charge is 0.412 e. The van der Waals surface area contributed by atoms with Gasteiger partial charge in [-0.15, -0.1) is 0 Å². The van der Waals surface area contributed by atoms with E-state index in [1.807, 2.05) is 0 Å². The van der Waals surface area contributed by atoms with E-state index in [0.717, 1.165) is 0 Å². The molecule has 0 fully saturated rings. The SMILES string of the molecule is C.N.O.[Al].[Fe].[HH].[Ti].[V]. The molecule has 7 heavy (non-hydrogen) atoms. The van der Waals surface area contributed by atoms with Gasteiger partial charge >= 0.3 is 0 Å². The molecule has 0 aliphatic rings. The molecule has 0 spiro atoms. The van der Waals surface area contributed by atoms with Gasteiger partial charge in [0.2, 0.25) is 0 Å². The van der Waals surface area contributed by atoms with Crippen LogP contribution in [0.25, 0.3) is 0 Å². The van der Waals surface area contributed by atoms with Gasteiger partial charge in [0.25, 0.3) is 0 Å². The van der Waals surface area contributed by atoms with Gasteiger partial charge in [-0.25, -0.2) is 0 Å². The van der Waals surface area contributed by atoms with Crippen molar-refractivity contribution >= 4 is 17.4 Å². The van der Waals surface area contributed by atoms with Gasteiger partial charge in [-0.2, -0.15) is 0 Å². The van der Waals surface area contributed by atoms with Crippen molar-refractivity contribution in [2.75, 3.05) is 0 Å². The van der Waals surface area contributed by atoms with Crippen molar-refractivity contribution in [2.24, 2.45) is 0 Å². The van der Waals surface area contributed by atoms with Gasteiger partial charge in [0.15, 0.2) is 0 Å². The molecule has 0 saturated heterocycles. The number of hydrogen-bond acceptors (Lipinski definition) is 1. The minimum atomic E-state index is 0. The molecule has 0 bridgehead atoms. The first-order valence-corrected chi connectivity index (χ1v) is 0. The van der Waals surface area contributed by atoms with Gasteiger partial charge in [0.05, 0.1) is 0 Å². The molecule has 0 aromatic rings. The van der Waals surface area contributed by atoms with E-state index in [-0.39, 0.29) is 95.2 Å². The Hall–Kier alpha value is 2.27. The third-order valence-corrected chi connectivity index (χ3v) is 0. The van der Waals surface area contributed by atoms with Crippen LogP contribution >= 0.6 is 0 Å². The molecule has 6 heteroatoms. The van der Waals surface area contributed by atoms with Crippen LogP contribution in [0.4, 0.5) is 0 Å². The van der Waals surface area contributed by atoms with Crippen molar-refractivity contribution in [3.63, 3.8) is 0 Å². The fraction of sp³-hybridized carbons (Fsp3) is 1.00. The van der Waals surface area contributed by atoms with Crippen molar-refractivity contribution in [1.29, 1.82) is 0 Å². The van der Waals surface area contributed by atoms with Gasteiger partial charge in [0, 0.05) is 76.1 Å². The summed E-state index contributed by atoms with van der Waals surface area (Å²) in [6.07, 6.45) is 0. The van der Waals surface area contributed by atoms with E-state index in [1.165, 1.54) is 0 Å². The summed E-state index contributed by atoms with van der Waals surface area (Å²) in [5.41, 5.74) is 0. The van der Waals surface area contributed by atoms with Crippen LogP contribution < -0.4 is 6.15 Å². The summed E-state index contributed by atoms with van der Waals surface area (Å²) in [5.74, 6) is 0. The first-order chi connectivity index (χ1) is 0. The third kappa shape index (κ3) is 63.1. The molecule has 2 nitrogen and oxygen atoms in total. The second kappa shape index (κ2) is 84.8. The normalized spacial score (nSPS) is 0. The summed E-state index contributed by atoms with van der Waals surface area (Å²) in [4.78, 5) is 0. The number of rotatable bonds is 0. The molecule has 0 saturated carbocycles. The Morgan fingerprint density at radius 2 is 1.14 bits per heavy atom. The van der Waals surface area contributed by atoms with Crippen LogP contribution in [-0.2, 0) is 57.3 Å². The Bertz CT molecular complexity index is 24.0. The smallest absolute Gasteiger partial charge is 0 e. The molecule has 0 heterocycles. The average molecular weight is 235 g/mol. The molecule has 0 rings (SSSR count). The minimum absolute atomic E-state index is 0. The third-order valence-electron chi connectivity index (χ3n) is 0. The maximum Gasteiger partial charge on any atom is 0 e. The van der Waals surface area contributed by atoms with E-state index < -0.39 is 0 Å². The van der Waals surface area contributed by atoms with Crippen LogP contribution in [0.5, 0.6) is 0 Å². The summed E-state index contributed by atoms with van der Waals surface area (Å²) in [5, 5.41) is 0. The molecule has 0 aliphatic heterocycles. The van der Waals surface area contributed by atoms with Crippen LogP contribution in [-0.4, -0.2) is 22.8 Å². The molecule has 0 unspecified atom stereocenters. The molecule has 5 N–H and O–H groups in total. The summed E-state index contributed by atoms with van der Waals surface area (Å²) in [6.45, 7) is 0.